The Bertz CT molecular complexity index is 1550. The molecule has 324 valence electrons. The second kappa shape index (κ2) is 23.1. The molecule has 3 N–H and O–H groups in total. The minimum absolute atomic E-state index is 0.0290. The van der Waals surface area contributed by atoms with Crippen LogP contribution in [-0.2, 0) is 9.59 Å². The molecule has 0 spiro atoms. The van der Waals surface area contributed by atoms with Crippen LogP contribution in [0, 0.1) is 23.7 Å². The molecule has 58 heavy (non-hydrogen) atoms. The lowest BCUT2D eigenvalue weighted by atomic mass is 9.82. The van der Waals surface area contributed by atoms with Crippen LogP contribution in [0.25, 0.3) is 0 Å². The summed E-state index contributed by atoms with van der Waals surface area (Å²) in [7, 11) is 4.07. The van der Waals surface area contributed by atoms with Crippen molar-refractivity contribution >= 4 is 11.8 Å². The lowest BCUT2D eigenvalue weighted by Crippen LogP contribution is -2.51. The Kier molecular flexibility index (Phi) is 19.4. The van der Waals surface area contributed by atoms with Crippen molar-refractivity contribution in [3.05, 3.63) is 97.0 Å². The van der Waals surface area contributed by atoms with E-state index in [-0.39, 0.29) is 59.9 Å². The highest BCUT2D eigenvalue weighted by Crippen LogP contribution is 2.34. The summed E-state index contributed by atoms with van der Waals surface area (Å²) >= 11 is 0. The number of amides is 2. The first kappa shape index (κ1) is 48.6. The first-order valence-electron chi connectivity index (χ1n) is 22.4. The van der Waals surface area contributed by atoms with Crippen molar-refractivity contribution in [2.75, 3.05) is 33.7 Å². The second-order valence-corrected chi connectivity index (χ2v) is 18.2. The summed E-state index contributed by atoms with van der Waals surface area (Å²) in [5.74, 6) is 1.57. The molecule has 2 aliphatic rings. The molecule has 0 radical (unpaired) electrons. The van der Waals surface area contributed by atoms with Gasteiger partial charge in [0.05, 0.1) is 18.1 Å². The van der Waals surface area contributed by atoms with Gasteiger partial charge < -0.3 is 25.8 Å². The third-order valence-electron chi connectivity index (χ3n) is 13.5. The maximum Gasteiger partial charge on any atom is 0.241 e. The van der Waals surface area contributed by atoms with Crippen LogP contribution in [0.3, 0.4) is 0 Å². The minimum atomic E-state index is -0.112. The number of nitrogens with zero attached hydrogens (tertiary/aromatic N) is 3. The fraction of sp³-hybridized carbons (Fsp3) is 0.640. The molecule has 3 rings (SSSR count). The number of allylic oxidation sites excluding steroid dienone is 1. The molecular formula is C50H82N6O2. The smallest absolute Gasteiger partial charge is 0.241 e. The number of likely N-dealkylation sites (N-methyl/N-ethyl adjacent to an activating group) is 2. The first-order valence-corrected chi connectivity index (χ1v) is 22.4. The van der Waals surface area contributed by atoms with E-state index in [1.165, 1.54) is 11.1 Å². The minimum Gasteiger partial charge on any atom is -0.386 e. The number of rotatable bonds is 25. The average molecular weight is 799 g/mol. The standard InChI is InChI=1S/C50H82N6O2/c1-15-36(7)49(55(14)47(58)33-51-40(11)48(35(5)6)54(13)34-41-26-28-50(12,29-27-41)52-18-4)43(17-3)32-46(57)56-30-22-25-45(56)42(16-2)31-37(8)53-39(10)38(9)44-23-20-19-21-24-44/h18-21,23-24,26-28,35-36,38-39,42-43,45,48-49,51-53H,4,8,11,15-17,22,25,29-34H2,1-3,5-7,9-10,12-14H3. The van der Waals surface area contributed by atoms with Crippen LogP contribution in [0.5, 0.6) is 0 Å². The van der Waals surface area contributed by atoms with Gasteiger partial charge in [0.25, 0.3) is 0 Å². The molecule has 1 saturated heterocycles. The maximum absolute atomic E-state index is 14.3. The fourth-order valence-corrected chi connectivity index (χ4v) is 9.64. The molecule has 1 heterocycles. The highest BCUT2D eigenvalue weighted by molar-refractivity contribution is 5.79. The number of benzene rings is 1. The van der Waals surface area contributed by atoms with Crippen LogP contribution in [-0.4, -0.2) is 89.9 Å². The third kappa shape index (κ3) is 13.4. The SMILES string of the molecule is C=CNC1(C)C=CC(CN(C)C(C(=C)NCC(=O)N(C)C(C(C)CC)C(CC)CC(=O)N2CCCC2C(CC)CC(=C)NC(C)C(C)c2ccccc2)C(C)C)=CC1. The zero-order valence-electron chi connectivity index (χ0n) is 38.4. The van der Waals surface area contributed by atoms with Crippen molar-refractivity contribution in [1.82, 2.24) is 30.7 Å². The Morgan fingerprint density at radius 1 is 1.00 bits per heavy atom. The molecule has 8 heteroatoms. The van der Waals surface area contributed by atoms with Crippen molar-refractivity contribution in [3.63, 3.8) is 0 Å². The van der Waals surface area contributed by atoms with E-state index < -0.39 is 0 Å². The van der Waals surface area contributed by atoms with Crippen molar-refractivity contribution in [2.45, 2.75) is 149 Å². The van der Waals surface area contributed by atoms with Gasteiger partial charge in [-0.3, -0.25) is 14.5 Å². The van der Waals surface area contributed by atoms with Gasteiger partial charge in [0, 0.05) is 62.0 Å². The predicted molar refractivity (Wildman–Crippen MR) is 246 cm³/mol. The summed E-state index contributed by atoms with van der Waals surface area (Å²) in [6.45, 7) is 34.4. The third-order valence-corrected chi connectivity index (χ3v) is 13.5. The van der Waals surface area contributed by atoms with Crippen LogP contribution >= 0.6 is 0 Å². The Hall–Kier alpha value is -3.78. The van der Waals surface area contributed by atoms with Gasteiger partial charge in [-0.2, -0.15) is 0 Å². The summed E-state index contributed by atoms with van der Waals surface area (Å²) in [6, 6.07) is 11.1. The normalized spacial score (nSPS) is 21.6. The van der Waals surface area contributed by atoms with Crippen LogP contribution in [0.2, 0.25) is 0 Å². The Morgan fingerprint density at radius 2 is 1.69 bits per heavy atom. The molecule has 1 fully saturated rings. The van der Waals surface area contributed by atoms with E-state index in [1.54, 1.807) is 6.20 Å². The summed E-state index contributed by atoms with van der Waals surface area (Å²) in [5, 5.41) is 10.5. The van der Waals surface area contributed by atoms with E-state index in [4.69, 9.17) is 0 Å². The first-order chi connectivity index (χ1) is 27.5. The molecule has 0 saturated carbocycles. The zero-order chi connectivity index (χ0) is 43.2. The van der Waals surface area contributed by atoms with E-state index in [9.17, 15) is 9.59 Å². The molecular weight excluding hydrogens is 717 g/mol. The molecule has 1 aliphatic heterocycles. The van der Waals surface area contributed by atoms with Crippen LogP contribution in [0.1, 0.15) is 125 Å². The van der Waals surface area contributed by atoms with Gasteiger partial charge >= 0.3 is 0 Å². The van der Waals surface area contributed by atoms with Gasteiger partial charge in [-0.05, 0) is 87.6 Å². The van der Waals surface area contributed by atoms with Gasteiger partial charge in [0.1, 0.15) is 0 Å². The van der Waals surface area contributed by atoms with E-state index in [0.29, 0.717) is 24.2 Å². The van der Waals surface area contributed by atoms with Gasteiger partial charge in [-0.15, -0.1) is 0 Å². The number of likely N-dealkylation sites (tertiary alicyclic amines) is 1. The lowest BCUT2D eigenvalue weighted by Gasteiger charge is -2.40. The molecule has 9 unspecified atom stereocenters. The molecule has 1 aromatic carbocycles. The number of hydrogen-bond donors (Lipinski definition) is 3. The highest BCUT2D eigenvalue weighted by atomic mass is 16.2. The van der Waals surface area contributed by atoms with Crippen molar-refractivity contribution in [2.24, 2.45) is 23.7 Å². The topological polar surface area (TPSA) is 80.0 Å². The quantitative estimate of drug-likeness (QED) is 0.0916. The zero-order valence-corrected chi connectivity index (χ0v) is 38.4. The average Bonchev–Trinajstić information content (AvgIpc) is 3.69. The number of carbonyl (C=O) groups is 2. The van der Waals surface area contributed by atoms with Crippen molar-refractivity contribution in [1.29, 1.82) is 0 Å². The largest absolute Gasteiger partial charge is 0.386 e. The molecule has 1 aliphatic carbocycles. The number of nitrogens with one attached hydrogen (secondary N) is 3. The summed E-state index contributed by atoms with van der Waals surface area (Å²) < 4.78 is 0. The monoisotopic (exact) mass is 799 g/mol. The molecule has 0 aromatic heterocycles. The van der Waals surface area contributed by atoms with Crippen LogP contribution < -0.4 is 16.0 Å². The summed E-state index contributed by atoms with van der Waals surface area (Å²) in [6.07, 6.45) is 15.5. The predicted octanol–water partition coefficient (Wildman–Crippen LogP) is 9.42. The fourth-order valence-electron chi connectivity index (χ4n) is 9.64. The van der Waals surface area contributed by atoms with Crippen LogP contribution in [0.15, 0.2) is 91.5 Å². The molecule has 2 amide bonds. The van der Waals surface area contributed by atoms with Gasteiger partial charge in [-0.1, -0.05) is 136 Å². The highest BCUT2D eigenvalue weighted by Gasteiger charge is 2.38. The van der Waals surface area contributed by atoms with E-state index in [2.05, 4.69) is 163 Å². The van der Waals surface area contributed by atoms with E-state index in [1.807, 2.05) is 11.9 Å². The van der Waals surface area contributed by atoms with Gasteiger partial charge in [0.15, 0.2) is 0 Å². The van der Waals surface area contributed by atoms with Gasteiger partial charge in [-0.25, -0.2) is 0 Å². The van der Waals surface area contributed by atoms with E-state index >= 15 is 0 Å². The van der Waals surface area contributed by atoms with E-state index in [0.717, 1.165) is 69.4 Å². The number of carbonyl (C=O) groups excluding carboxylic acids is 2. The van der Waals surface area contributed by atoms with Crippen molar-refractivity contribution < 1.29 is 9.59 Å². The summed E-state index contributed by atoms with van der Waals surface area (Å²) in [4.78, 5) is 34.8. The van der Waals surface area contributed by atoms with Crippen LogP contribution in [0.4, 0.5) is 0 Å². The lowest BCUT2D eigenvalue weighted by molar-refractivity contribution is -0.138. The van der Waals surface area contributed by atoms with Gasteiger partial charge in [0.2, 0.25) is 11.8 Å². The molecule has 0 bridgehead atoms. The second-order valence-electron chi connectivity index (χ2n) is 18.2. The maximum atomic E-state index is 14.3. The molecule has 9 atom stereocenters. The molecule has 1 aromatic rings. The Balaban J connectivity index is 1.63. The Labute approximate surface area is 354 Å². The van der Waals surface area contributed by atoms with Crippen molar-refractivity contribution in [3.8, 4) is 0 Å². The Morgan fingerprint density at radius 3 is 2.26 bits per heavy atom. The molecule has 8 nitrogen and oxygen atoms in total. The number of hydrogen-bond acceptors (Lipinski definition) is 6. The summed E-state index contributed by atoms with van der Waals surface area (Å²) in [5.41, 5.74) is 4.38.